The highest BCUT2D eigenvalue weighted by Gasteiger charge is 2.25. The lowest BCUT2D eigenvalue weighted by Crippen LogP contribution is -2.48. The van der Waals surface area contributed by atoms with E-state index in [9.17, 15) is 9.90 Å². The number of halogens is 3. The first-order valence-electron chi connectivity index (χ1n) is 5.41. The summed E-state index contributed by atoms with van der Waals surface area (Å²) in [4.78, 5) is 12.3. The van der Waals surface area contributed by atoms with E-state index < -0.39 is 5.54 Å². The lowest BCUT2D eigenvalue weighted by molar-refractivity contribution is 0.0846. The number of hydrogen-bond donors (Lipinski definition) is 2. The topological polar surface area (TPSA) is 49.3 Å². The highest BCUT2D eigenvalue weighted by molar-refractivity contribution is 14.1. The fourth-order valence-electron chi connectivity index (χ4n) is 1.30. The number of amides is 1. The van der Waals surface area contributed by atoms with Crippen LogP contribution in [0.25, 0.3) is 0 Å². The number of carbonyl (C=O) groups excluding carboxylic acids is 1. The average molecular weight is 585 g/mol. The fourth-order valence-corrected chi connectivity index (χ4v) is 3.70. The van der Waals surface area contributed by atoms with Crippen molar-refractivity contribution in [3.63, 3.8) is 0 Å². The van der Waals surface area contributed by atoms with Crippen molar-refractivity contribution in [2.75, 3.05) is 6.61 Å². The van der Waals surface area contributed by atoms with E-state index in [0.29, 0.717) is 12.0 Å². The van der Waals surface area contributed by atoms with Gasteiger partial charge < -0.3 is 10.4 Å². The van der Waals surface area contributed by atoms with Gasteiger partial charge in [-0.15, -0.1) is 0 Å². The van der Waals surface area contributed by atoms with Crippen molar-refractivity contribution in [3.05, 3.63) is 28.4 Å². The number of hydrogen-bond acceptors (Lipinski definition) is 2. The Labute approximate surface area is 148 Å². The summed E-state index contributed by atoms with van der Waals surface area (Å²) in [5.41, 5.74) is 0.104. The second-order valence-corrected chi connectivity index (χ2v) is 7.76. The molecular weight excluding hydrogens is 571 g/mol. The van der Waals surface area contributed by atoms with E-state index in [2.05, 4.69) is 73.1 Å². The summed E-state index contributed by atoms with van der Waals surface area (Å²) >= 11 is 6.60. The van der Waals surface area contributed by atoms with Crippen LogP contribution in [0.2, 0.25) is 0 Å². The molecule has 0 saturated carbocycles. The minimum Gasteiger partial charge on any atom is -0.394 e. The second-order valence-electron chi connectivity index (χ2n) is 4.28. The zero-order valence-electron chi connectivity index (χ0n) is 10.1. The Balaban J connectivity index is 3.05. The first-order chi connectivity index (χ1) is 8.33. The predicted octanol–water partition coefficient (Wildman–Crippen LogP) is 3.39. The lowest BCUT2D eigenvalue weighted by atomic mass is 9.99. The molecule has 0 bridgehead atoms. The van der Waals surface area contributed by atoms with Crippen molar-refractivity contribution in [3.8, 4) is 0 Å². The van der Waals surface area contributed by atoms with Crippen molar-refractivity contribution in [2.45, 2.75) is 25.8 Å². The number of nitrogens with one attached hydrogen (secondary N) is 1. The van der Waals surface area contributed by atoms with Crippen LogP contribution in [0.1, 0.15) is 30.6 Å². The Bertz CT molecular complexity index is 459. The van der Waals surface area contributed by atoms with Crippen LogP contribution < -0.4 is 5.32 Å². The lowest BCUT2D eigenvalue weighted by Gasteiger charge is -2.27. The van der Waals surface area contributed by atoms with Gasteiger partial charge in [-0.1, -0.05) is 6.92 Å². The van der Waals surface area contributed by atoms with Crippen LogP contribution in [0.15, 0.2) is 12.1 Å². The summed E-state index contributed by atoms with van der Waals surface area (Å²) in [6.45, 7) is 3.73. The normalized spacial score (nSPS) is 14.1. The van der Waals surface area contributed by atoms with Crippen LogP contribution in [0.4, 0.5) is 0 Å². The van der Waals surface area contributed by atoms with Gasteiger partial charge >= 0.3 is 0 Å². The SMILES string of the molecule is CCC(C)(CO)NC(=O)c1cc(I)cc(I)c1I. The molecule has 0 heterocycles. The van der Waals surface area contributed by atoms with E-state index in [1.807, 2.05) is 26.0 Å². The minimum atomic E-state index is -0.563. The van der Waals surface area contributed by atoms with Crippen LogP contribution in [-0.4, -0.2) is 23.2 Å². The third-order valence-corrected chi connectivity index (χ3v) is 6.45. The number of rotatable bonds is 4. The van der Waals surface area contributed by atoms with Gasteiger partial charge in [-0.25, -0.2) is 0 Å². The molecule has 3 nitrogen and oxygen atoms in total. The average Bonchev–Trinajstić information content (AvgIpc) is 2.33. The molecule has 0 aromatic heterocycles. The third kappa shape index (κ3) is 4.17. The molecular formula is C12H14I3NO2. The summed E-state index contributed by atoms with van der Waals surface area (Å²) in [5.74, 6) is -0.130. The summed E-state index contributed by atoms with van der Waals surface area (Å²) < 4.78 is 3.04. The van der Waals surface area contributed by atoms with Gasteiger partial charge in [-0.05, 0) is 93.2 Å². The predicted molar refractivity (Wildman–Crippen MR) is 97.8 cm³/mol. The fraction of sp³-hybridized carbons (Fsp3) is 0.417. The first kappa shape index (κ1) is 16.9. The van der Waals surface area contributed by atoms with Crippen molar-refractivity contribution in [1.82, 2.24) is 5.32 Å². The largest absolute Gasteiger partial charge is 0.394 e. The monoisotopic (exact) mass is 585 g/mol. The summed E-state index contributed by atoms with van der Waals surface area (Å²) in [6.07, 6.45) is 0.687. The Kier molecular flexibility index (Phi) is 6.59. The smallest absolute Gasteiger partial charge is 0.252 e. The molecule has 1 aromatic rings. The van der Waals surface area contributed by atoms with Crippen LogP contribution in [0, 0.1) is 10.7 Å². The van der Waals surface area contributed by atoms with Gasteiger partial charge in [0.2, 0.25) is 0 Å². The second kappa shape index (κ2) is 7.02. The molecule has 1 aromatic carbocycles. The molecule has 100 valence electrons. The van der Waals surface area contributed by atoms with Crippen molar-refractivity contribution in [2.24, 2.45) is 0 Å². The standard InChI is InChI=1S/C12H14I3NO2/c1-3-12(2,6-17)16-11(18)8-4-7(13)5-9(14)10(8)15/h4-5,17H,3,6H2,1-2H3,(H,16,18). The number of aliphatic hydroxyl groups is 1. The molecule has 6 heteroatoms. The molecule has 0 saturated heterocycles. The maximum absolute atomic E-state index is 12.3. The van der Waals surface area contributed by atoms with Crippen molar-refractivity contribution >= 4 is 73.7 Å². The molecule has 1 rings (SSSR count). The Morgan fingerprint density at radius 1 is 1.39 bits per heavy atom. The van der Waals surface area contributed by atoms with Gasteiger partial charge in [0.05, 0.1) is 17.7 Å². The quantitative estimate of drug-likeness (QED) is 0.421. The Hall–Kier alpha value is 0.840. The molecule has 0 fully saturated rings. The number of benzene rings is 1. The first-order valence-corrected chi connectivity index (χ1v) is 8.64. The molecule has 18 heavy (non-hydrogen) atoms. The maximum atomic E-state index is 12.3. The minimum absolute atomic E-state index is 0.0627. The van der Waals surface area contributed by atoms with E-state index in [-0.39, 0.29) is 12.5 Å². The van der Waals surface area contributed by atoms with Gasteiger partial charge in [0.15, 0.2) is 0 Å². The highest BCUT2D eigenvalue weighted by atomic mass is 127. The van der Waals surface area contributed by atoms with Gasteiger partial charge in [-0.2, -0.15) is 0 Å². The molecule has 0 aliphatic heterocycles. The third-order valence-electron chi connectivity index (χ3n) is 2.78. The molecule has 1 unspecified atom stereocenters. The van der Waals surface area contributed by atoms with Crippen molar-refractivity contribution < 1.29 is 9.90 Å². The van der Waals surface area contributed by atoms with Gasteiger partial charge in [0.1, 0.15) is 0 Å². The van der Waals surface area contributed by atoms with Crippen LogP contribution >= 0.6 is 67.8 Å². The van der Waals surface area contributed by atoms with E-state index in [0.717, 1.165) is 10.7 Å². The Morgan fingerprint density at radius 3 is 2.50 bits per heavy atom. The molecule has 1 amide bonds. The molecule has 0 spiro atoms. The zero-order chi connectivity index (χ0) is 13.9. The van der Waals surface area contributed by atoms with Crippen LogP contribution in [0.5, 0.6) is 0 Å². The van der Waals surface area contributed by atoms with E-state index >= 15 is 0 Å². The summed E-state index contributed by atoms with van der Waals surface area (Å²) in [5, 5.41) is 12.2. The molecule has 1 atom stereocenters. The van der Waals surface area contributed by atoms with E-state index in [4.69, 9.17) is 0 Å². The molecule has 0 radical (unpaired) electrons. The van der Waals surface area contributed by atoms with Gasteiger partial charge in [0, 0.05) is 10.7 Å². The summed E-state index contributed by atoms with van der Waals surface area (Å²) in [6, 6.07) is 3.90. The molecule has 0 aliphatic carbocycles. The van der Waals surface area contributed by atoms with Crippen molar-refractivity contribution in [1.29, 1.82) is 0 Å². The summed E-state index contributed by atoms with van der Waals surface area (Å²) in [7, 11) is 0. The number of aliphatic hydroxyl groups excluding tert-OH is 1. The molecule has 0 aliphatic rings. The van der Waals surface area contributed by atoms with Crippen LogP contribution in [0.3, 0.4) is 0 Å². The highest BCUT2D eigenvalue weighted by Crippen LogP contribution is 2.23. The Morgan fingerprint density at radius 2 is 2.00 bits per heavy atom. The van der Waals surface area contributed by atoms with E-state index in [1.165, 1.54) is 0 Å². The van der Waals surface area contributed by atoms with Gasteiger partial charge in [-0.3, -0.25) is 4.79 Å². The number of carbonyl (C=O) groups is 1. The molecule has 2 N–H and O–H groups in total. The maximum Gasteiger partial charge on any atom is 0.252 e. The zero-order valence-corrected chi connectivity index (χ0v) is 16.5. The van der Waals surface area contributed by atoms with Gasteiger partial charge in [0.25, 0.3) is 5.91 Å². The van der Waals surface area contributed by atoms with E-state index in [1.54, 1.807) is 0 Å². The van der Waals surface area contributed by atoms with Crippen LogP contribution in [-0.2, 0) is 0 Å².